The summed E-state index contributed by atoms with van der Waals surface area (Å²) in [7, 11) is 1.36. The zero-order valence-corrected chi connectivity index (χ0v) is 17.2. The summed E-state index contributed by atoms with van der Waals surface area (Å²) in [4.78, 5) is 19.5. The summed E-state index contributed by atoms with van der Waals surface area (Å²) in [5.41, 5.74) is -1.73. The number of hydrogen-bond donors (Lipinski definition) is 1. The van der Waals surface area contributed by atoms with E-state index in [4.69, 9.17) is 11.6 Å². The zero-order valence-electron chi connectivity index (χ0n) is 16.4. The first-order chi connectivity index (χ1) is 14.4. The zero-order chi connectivity index (χ0) is 23.1. The van der Waals surface area contributed by atoms with Crippen LogP contribution in [0.2, 0.25) is 5.02 Å². The van der Waals surface area contributed by atoms with Crippen molar-refractivity contribution in [2.75, 3.05) is 23.4 Å². The fraction of sp³-hybridized carbons (Fsp3) is 0.350. The lowest BCUT2D eigenvalue weighted by Crippen LogP contribution is -2.45. The summed E-state index contributed by atoms with van der Waals surface area (Å²) < 4.78 is 54.2. The molecule has 1 aromatic carbocycles. The number of alkyl halides is 3. The Kier molecular flexibility index (Phi) is 6.11. The van der Waals surface area contributed by atoms with E-state index < -0.39 is 41.2 Å². The standard InChI is InChI=1S/C20H17ClF4N4O2/c1-10-5-14(20(23,24)25)13(8-26)18(27-10)29-9-12(30)7-17(29)19(31)28(2)11-3-4-15(21)16(22)6-11/h3-6,12,17,30H,7,9H2,1-2H3. The molecule has 31 heavy (non-hydrogen) atoms. The lowest BCUT2D eigenvalue weighted by molar-refractivity contribution is -0.137. The fourth-order valence-corrected chi connectivity index (χ4v) is 3.64. The maximum Gasteiger partial charge on any atom is 0.417 e. The highest BCUT2D eigenvalue weighted by Crippen LogP contribution is 2.38. The molecule has 1 aliphatic heterocycles. The Bertz CT molecular complexity index is 1070. The number of aromatic nitrogens is 1. The molecular weight excluding hydrogens is 440 g/mol. The average Bonchev–Trinajstić information content (AvgIpc) is 3.09. The molecule has 1 aliphatic rings. The molecule has 0 radical (unpaired) electrons. The third kappa shape index (κ3) is 4.43. The van der Waals surface area contributed by atoms with Gasteiger partial charge >= 0.3 is 6.18 Å². The molecule has 2 heterocycles. The van der Waals surface area contributed by atoms with Crippen molar-refractivity contribution in [2.24, 2.45) is 0 Å². The van der Waals surface area contributed by atoms with E-state index in [0.29, 0.717) is 0 Å². The number of halogens is 5. The summed E-state index contributed by atoms with van der Waals surface area (Å²) in [6, 6.07) is 4.90. The third-order valence-electron chi connectivity index (χ3n) is 5.00. The smallest absolute Gasteiger partial charge is 0.391 e. The molecule has 1 aromatic heterocycles. The Morgan fingerprint density at radius 2 is 2.06 bits per heavy atom. The number of anilines is 2. The molecule has 11 heteroatoms. The number of benzene rings is 1. The van der Waals surface area contributed by atoms with Crippen LogP contribution in [0.25, 0.3) is 0 Å². The summed E-state index contributed by atoms with van der Waals surface area (Å²) in [5, 5.41) is 19.4. The van der Waals surface area contributed by atoms with E-state index in [1.807, 2.05) is 0 Å². The molecule has 1 saturated heterocycles. The number of β-amino-alcohol motifs (C(OH)–C–C–N with tert-alkyl or cyclic N) is 1. The first kappa shape index (κ1) is 22.8. The van der Waals surface area contributed by atoms with Crippen LogP contribution in [-0.2, 0) is 11.0 Å². The van der Waals surface area contributed by atoms with Gasteiger partial charge in [-0.2, -0.15) is 18.4 Å². The van der Waals surface area contributed by atoms with Gasteiger partial charge in [0.1, 0.15) is 29.3 Å². The molecular formula is C20H17ClF4N4O2. The van der Waals surface area contributed by atoms with Crippen LogP contribution >= 0.6 is 11.6 Å². The molecule has 1 fully saturated rings. The number of aryl methyl sites for hydroxylation is 1. The highest BCUT2D eigenvalue weighted by Gasteiger charge is 2.42. The van der Waals surface area contributed by atoms with Crippen LogP contribution in [0.3, 0.4) is 0 Å². The third-order valence-corrected chi connectivity index (χ3v) is 5.31. The number of likely N-dealkylation sites (N-methyl/N-ethyl adjacent to an activating group) is 1. The molecule has 2 aromatic rings. The van der Waals surface area contributed by atoms with E-state index in [9.17, 15) is 32.7 Å². The Morgan fingerprint density at radius 3 is 2.65 bits per heavy atom. The summed E-state index contributed by atoms with van der Waals surface area (Å²) >= 11 is 5.66. The van der Waals surface area contributed by atoms with Gasteiger partial charge in [0, 0.05) is 31.4 Å². The molecule has 3 rings (SSSR count). The van der Waals surface area contributed by atoms with Crippen molar-refractivity contribution in [3.63, 3.8) is 0 Å². The van der Waals surface area contributed by atoms with Crippen molar-refractivity contribution >= 4 is 29.0 Å². The summed E-state index contributed by atoms with van der Waals surface area (Å²) in [6.45, 7) is 1.15. The van der Waals surface area contributed by atoms with Gasteiger partial charge in [-0.25, -0.2) is 9.37 Å². The van der Waals surface area contributed by atoms with Crippen LogP contribution in [0.1, 0.15) is 23.2 Å². The number of nitrogens with zero attached hydrogens (tertiary/aromatic N) is 4. The van der Waals surface area contributed by atoms with Gasteiger partial charge in [-0.3, -0.25) is 4.79 Å². The largest absolute Gasteiger partial charge is 0.417 e. The van der Waals surface area contributed by atoms with E-state index in [1.165, 1.54) is 37.1 Å². The second-order valence-corrected chi connectivity index (χ2v) is 7.58. The second-order valence-electron chi connectivity index (χ2n) is 7.17. The van der Waals surface area contributed by atoms with Crippen LogP contribution in [0.15, 0.2) is 24.3 Å². The molecule has 2 unspecified atom stereocenters. The highest BCUT2D eigenvalue weighted by molar-refractivity contribution is 6.30. The van der Waals surface area contributed by atoms with Gasteiger partial charge < -0.3 is 14.9 Å². The molecule has 1 N–H and O–H groups in total. The number of pyridine rings is 1. The number of nitriles is 1. The lowest BCUT2D eigenvalue weighted by Gasteiger charge is -2.30. The maximum absolute atomic E-state index is 13.8. The van der Waals surface area contributed by atoms with Crippen LogP contribution < -0.4 is 9.80 Å². The van der Waals surface area contributed by atoms with E-state index in [-0.39, 0.29) is 35.2 Å². The monoisotopic (exact) mass is 456 g/mol. The first-order valence-corrected chi connectivity index (χ1v) is 9.48. The Morgan fingerprint density at radius 1 is 1.39 bits per heavy atom. The normalized spacial score (nSPS) is 18.7. The van der Waals surface area contributed by atoms with Gasteiger partial charge in [-0.05, 0) is 31.2 Å². The average molecular weight is 457 g/mol. The minimum absolute atomic E-state index is 0.00189. The Labute approximate surface area is 180 Å². The van der Waals surface area contributed by atoms with Crippen molar-refractivity contribution in [1.29, 1.82) is 5.26 Å². The summed E-state index contributed by atoms with van der Waals surface area (Å²) in [6.07, 6.45) is -5.93. The topological polar surface area (TPSA) is 80.5 Å². The fourth-order valence-electron chi connectivity index (χ4n) is 3.52. The number of rotatable bonds is 3. The molecule has 0 saturated carbocycles. The van der Waals surface area contributed by atoms with Gasteiger partial charge in [0.25, 0.3) is 0 Å². The van der Waals surface area contributed by atoms with Crippen molar-refractivity contribution in [3.8, 4) is 6.07 Å². The van der Waals surface area contributed by atoms with Gasteiger partial charge in [0.15, 0.2) is 0 Å². The SMILES string of the molecule is Cc1cc(C(F)(F)F)c(C#N)c(N2CC(O)CC2C(=O)N(C)c2ccc(Cl)c(F)c2)n1. The number of carbonyl (C=O) groups is 1. The van der Waals surface area contributed by atoms with Crippen LogP contribution in [0, 0.1) is 24.1 Å². The van der Waals surface area contributed by atoms with E-state index >= 15 is 0 Å². The van der Waals surface area contributed by atoms with Gasteiger partial charge in [-0.1, -0.05) is 11.6 Å². The number of aliphatic hydroxyl groups excluding tert-OH is 1. The molecule has 0 aliphatic carbocycles. The number of hydrogen-bond acceptors (Lipinski definition) is 5. The molecule has 0 bridgehead atoms. The predicted molar refractivity (Wildman–Crippen MR) is 105 cm³/mol. The Balaban J connectivity index is 2.04. The van der Waals surface area contributed by atoms with E-state index in [1.54, 1.807) is 0 Å². The van der Waals surface area contributed by atoms with Crippen LogP contribution in [-0.4, -0.2) is 41.7 Å². The lowest BCUT2D eigenvalue weighted by atomic mass is 10.1. The molecule has 2 atom stereocenters. The van der Waals surface area contributed by atoms with Crippen molar-refractivity contribution in [3.05, 3.63) is 51.9 Å². The quantitative estimate of drug-likeness (QED) is 0.713. The predicted octanol–water partition coefficient (Wildman–Crippen LogP) is 3.68. The molecule has 0 spiro atoms. The highest BCUT2D eigenvalue weighted by atomic mass is 35.5. The molecule has 6 nitrogen and oxygen atoms in total. The number of amides is 1. The second kappa shape index (κ2) is 8.32. The van der Waals surface area contributed by atoms with Crippen molar-refractivity contribution < 1.29 is 27.5 Å². The van der Waals surface area contributed by atoms with Crippen LogP contribution in [0.4, 0.5) is 29.1 Å². The van der Waals surface area contributed by atoms with E-state index in [2.05, 4.69) is 4.98 Å². The molecule has 164 valence electrons. The van der Waals surface area contributed by atoms with Crippen LogP contribution in [0.5, 0.6) is 0 Å². The van der Waals surface area contributed by atoms with Gasteiger partial charge in [0.05, 0.1) is 16.7 Å². The number of carbonyl (C=O) groups excluding carboxylic acids is 1. The number of aliphatic hydroxyl groups is 1. The first-order valence-electron chi connectivity index (χ1n) is 9.10. The maximum atomic E-state index is 13.8. The van der Waals surface area contributed by atoms with Crippen molar-refractivity contribution in [1.82, 2.24) is 4.98 Å². The minimum atomic E-state index is -4.80. The van der Waals surface area contributed by atoms with E-state index in [0.717, 1.165) is 17.0 Å². The van der Waals surface area contributed by atoms with Crippen molar-refractivity contribution in [2.45, 2.75) is 31.7 Å². The Hall–Kier alpha value is -2.90. The van der Waals surface area contributed by atoms with Gasteiger partial charge in [-0.15, -0.1) is 0 Å². The minimum Gasteiger partial charge on any atom is -0.391 e. The summed E-state index contributed by atoms with van der Waals surface area (Å²) in [5.74, 6) is -1.69. The molecule has 1 amide bonds. The van der Waals surface area contributed by atoms with Gasteiger partial charge in [0.2, 0.25) is 5.91 Å².